The summed E-state index contributed by atoms with van der Waals surface area (Å²) in [6.45, 7) is 0. The second kappa shape index (κ2) is 8.16. The van der Waals surface area contributed by atoms with Crippen LogP contribution in [0.1, 0.15) is 29.0 Å². The zero-order valence-corrected chi connectivity index (χ0v) is 16.8. The Morgan fingerprint density at radius 1 is 0.900 bits per heavy atom. The van der Waals surface area contributed by atoms with Gasteiger partial charge in [-0.2, -0.15) is 0 Å². The largest absolute Gasteiger partial charge is 0.459 e. The molecule has 8 heteroatoms. The molecule has 0 unspecified atom stereocenters. The molecule has 2 aromatic carbocycles. The highest BCUT2D eigenvalue weighted by atomic mass is 32.2. The van der Waals surface area contributed by atoms with Crippen LogP contribution in [0.25, 0.3) is 0 Å². The number of carbonyl (C=O) groups excluding carboxylic acids is 2. The van der Waals surface area contributed by atoms with E-state index in [0.717, 1.165) is 12.8 Å². The number of hydrogen-bond donors (Lipinski definition) is 2. The van der Waals surface area contributed by atoms with Gasteiger partial charge in [0, 0.05) is 22.9 Å². The van der Waals surface area contributed by atoms with Crippen molar-refractivity contribution in [3.8, 4) is 0 Å². The Morgan fingerprint density at radius 3 is 2.17 bits per heavy atom. The van der Waals surface area contributed by atoms with Crippen LogP contribution in [0.3, 0.4) is 0 Å². The van der Waals surface area contributed by atoms with Crippen LogP contribution < -0.4 is 10.6 Å². The number of nitrogens with one attached hydrogen (secondary N) is 2. The molecular weight excluding hydrogens is 404 g/mol. The summed E-state index contributed by atoms with van der Waals surface area (Å²) in [5, 5.41) is 5.51. The Bertz CT molecular complexity index is 1160. The molecule has 30 heavy (non-hydrogen) atoms. The van der Waals surface area contributed by atoms with E-state index in [0.29, 0.717) is 11.4 Å². The Hall–Kier alpha value is -3.39. The van der Waals surface area contributed by atoms with Crippen LogP contribution in [0.4, 0.5) is 11.4 Å². The number of anilines is 2. The van der Waals surface area contributed by atoms with Crippen LogP contribution in [0, 0.1) is 5.92 Å². The molecule has 154 valence electrons. The van der Waals surface area contributed by atoms with Crippen molar-refractivity contribution < 1.29 is 22.4 Å². The number of sulfone groups is 1. The molecule has 1 heterocycles. The summed E-state index contributed by atoms with van der Waals surface area (Å²) in [6.07, 6.45) is 3.14. The SMILES string of the molecule is O=C(Nc1ccc(NC(=O)C2CC2)cc1)c1occc1CS(=O)(=O)c1ccccc1. The highest BCUT2D eigenvalue weighted by Gasteiger charge is 2.29. The molecule has 1 aliphatic carbocycles. The van der Waals surface area contributed by atoms with Crippen molar-refractivity contribution in [3.05, 3.63) is 78.3 Å². The van der Waals surface area contributed by atoms with Gasteiger partial charge >= 0.3 is 0 Å². The van der Waals surface area contributed by atoms with Crippen molar-refractivity contribution >= 4 is 33.0 Å². The molecule has 0 saturated heterocycles. The van der Waals surface area contributed by atoms with E-state index in [9.17, 15) is 18.0 Å². The van der Waals surface area contributed by atoms with Crippen LogP contribution >= 0.6 is 0 Å². The number of rotatable bonds is 7. The normalized spacial score (nSPS) is 13.6. The first-order chi connectivity index (χ1) is 14.4. The van der Waals surface area contributed by atoms with Crippen LogP contribution in [-0.2, 0) is 20.4 Å². The number of amides is 2. The van der Waals surface area contributed by atoms with Gasteiger partial charge < -0.3 is 15.1 Å². The lowest BCUT2D eigenvalue weighted by atomic mass is 10.2. The minimum Gasteiger partial charge on any atom is -0.459 e. The fraction of sp³-hybridized carbons (Fsp3) is 0.182. The molecule has 1 saturated carbocycles. The van der Waals surface area contributed by atoms with Gasteiger partial charge in [-0.25, -0.2) is 8.42 Å². The lowest BCUT2D eigenvalue weighted by Crippen LogP contribution is -2.15. The topological polar surface area (TPSA) is 105 Å². The molecule has 1 aliphatic rings. The van der Waals surface area contributed by atoms with E-state index in [2.05, 4.69) is 10.6 Å². The lowest BCUT2D eigenvalue weighted by Gasteiger charge is -2.08. The maximum absolute atomic E-state index is 12.6. The van der Waals surface area contributed by atoms with Crippen LogP contribution in [0.5, 0.6) is 0 Å². The predicted molar refractivity (Wildman–Crippen MR) is 112 cm³/mol. The third-order valence-corrected chi connectivity index (χ3v) is 6.44. The number of hydrogen-bond acceptors (Lipinski definition) is 5. The monoisotopic (exact) mass is 424 g/mol. The smallest absolute Gasteiger partial charge is 0.291 e. The maximum Gasteiger partial charge on any atom is 0.291 e. The van der Waals surface area contributed by atoms with Gasteiger partial charge in [0.15, 0.2) is 15.6 Å². The summed E-state index contributed by atoms with van der Waals surface area (Å²) in [5.41, 5.74) is 1.43. The minimum absolute atomic E-state index is 0.00615. The highest BCUT2D eigenvalue weighted by molar-refractivity contribution is 7.90. The maximum atomic E-state index is 12.6. The van der Waals surface area contributed by atoms with Gasteiger partial charge in [-0.1, -0.05) is 18.2 Å². The molecule has 0 radical (unpaired) electrons. The molecule has 2 N–H and O–H groups in total. The van der Waals surface area contributed by atoms with E-state index in [1.807, 2.05) is 0 Å². The molecule has 4 rings (SSSR count). The van der Waals surface area contributed by atoms with Gasteiger partial charge in [0.25, 0.3) is 5.91 Å². The van der Waals surface area contributed by atoms with Crippen molar-refractivity contribution in [3.63, 3.8) is 0 Å². The molecule has 3 aromatic rings. The lowest BCUT2D eigenvalue weighted by molar-refractivity contribution is -0.117. The van der Waals surface area contributed by atoms with Gasteiger partial charge in [0.2, 0.25) is 5.91 Å². The van der Waals surface area contributed by atoms with Crippen molar-refractivity contribution in [2.24, 2.45) is 5.92 Å². The standard InChI is InChI=1S/C22H20N2O5S/c25-21(15-6-7-15)23-17-8-10-18(11-9-17)24-22(26)20-16(12-13-29-20)14-30(27,28)19-4-2-1-3-5-19/h1-5,8-13,15H,6-7,14H2,(H,23,25)(H,24,26). The van der Waals surface area contributed by atoms with Gasteiger partial charge in [-0.3, -0.25) is 9.59 Å². The van der Waals surface area contributed by atoms with Crippen molar-refractivity contribution in [1.82, 2.24) is 0 Å². The summed E-state index contributed by atoms with van der Waals surface area (Å²) >= 11 is 0. The van der Waals surface area contributed by atoms with Gasteiger partial charge in [-0.05, 0) is 55.3 Å². The zero-order chi connectivity index (χ0) is 21.1. The van der Waals surface area contributed by atoms with Crippen LogP contribution in [-0.4, -0.2) is 20.2 Å². The van der Waals surface area contributed by atoms with Gasteiger partial charge in [-0.15, -0.1) is 0 Å². The molecule has 1 aromatic heterocycles. The Kier molecular flexibility index (Phi) is 5.41. The molecule has 0 atom stereocenters. The number of benzene rings is 2. The number of furan rings is 1. The first-order valence-electron chi connectivity index (χ1n) is 9.49. The highest BCUT2D eigenvalue weighted by Crippen LogP contribution is 2.30. The van der Waals surface area contributed by atoms with Crippen molar-refractivity contribution in [1.29, 1.82) is 0 Å². The summed E-state index contributed by atoms with van der Waals surface area (Å²) in [7, 11) is -3.61. The molecule has 0 aliphatic heterocycles. The molecule has 7 nitrogen and oxygen atoms in total. The predicted octanol–water partition coefficient (Wildman–Crippen LogP) is 3.85. The average Bonchev–Trinajstić information content (AvgIpc) is 3.50. The van der Waals surface area contributed by atoms with Crippen LogP contribution in [0.15, 0.2) is 76.2 Å². The van der Waals surface area contributed by atoms with Gasteiger partial charge in [0.1, 0.15) is 0 Å². The van der Waals surface area contributed by atoms with Crippen molar-refractivity contribution in [2.75, 3.05) is 10.6 Å². The molecule has 1 fully saturated rings. The second-order valence-corrected chi connectivity index (χ2v) is 9.13. The molecule has 2 amide bonds. The Labute approximate surface area is 174 Å². The second-order valence-electron chi connectivity index (χ2n) is 7.14. The summed E-state index contributed by atoms with van der Waals surface area (Å²) < 4.78 is 30.5. The Morgan fingerprint density at radius 2 is 1.53 bits per heavy atom. The quantitative estimate of drug-likeness (QED) is 0.599. The van der Waals surface area contributed by atoms with E-state index in [1.165, 1.54) is 24.5 Å². The summed E-state index contributed by atoms with van der Waals surface area (Å²) in [5.74, 6) is -0.836. The van der Waals surface area contributed by atoms with Crippen LogP contribution in [0.2, 0.25) is 0 Å². The summed E-state index contributed by atoms with van der Waals surface area (Å²) in [4.78, 5) is 24.6. The average molecular weight is 424 g/mol. The van der Waals surface area contributed by atoms with E-state index in [-0.39, 0.29) is 33.8 Å². The fourth-order valence-electron chi connectivity index (χ4n) is 2.98. The third kappa shape index (κ3) is 4.60. The van der Waals surface area contributed by atoms with Crippen molar-refractivity contribution in [2.45, 2.75) is 23.5 Å². The molecular formula is C22H20N2O5S. The van der Waals surface area contributed by atoms with E-state index in [4.69, 9.17) is 4.42 Å². The van der Waals surface area contributed by atoms with E-state index in [1.54, 1.807) is 42.5 Å². The molecule has 0 spiro atoms. The summed E-state index contributed by atoms with van der Waals surface area (Å²) in [6, 6.07) is 16.2. The first kappa shape index (κ1) is 19.9. The number of carbonyl (C=O) groups is 2. The molecule has 0 bridgehead atoms. The minimum atomic E-state index is -3.61. The fourth-order valence-corrected chi connectivity index (χ4v) is 4.35. The third-order valence-electron chi connectivity index (χ3n) is 4.76. The van der Waals surface area contributed by atoms with E-state index >= 15 is 0 Å². The Balaban J connectivity index is 1.43. The first-order valence-corrected chi connectivity index (χ1v) is 11.1. The van der Waals surface area contributed by atoms with Gasteiger partial charge in [0.05, 0.1) is 16.9 Å². The zero-order valence-electron chi connectivity index (χ0n) is 16.0. The van der Waals surface area contributed by atoms with E-state index < -0.39 is 15.7 Å².